The Balaban J connectivity index is 1.89. The van der Waals surface area contributed by atoms with Crippen molar-refractivity contribution in [2.45, 2.75) is 6.42 Å². The number of carbonyl (C=O) groups is 3. The number of nitrogens with zero attached hydrogens (tertiary/aromatic N) is 2. The number of aromatic nitrogens is 2. The monoisotopic (exact) mass is 407 g/mol. The maximum atomic E-state index is 12.7. The first-order valence-electron chi connectivity index (χ1n) is 9.14. The van der Waals surface area contributed by atoms with Crippen LogP contribution in [0.3, 0.4) is 0 Å². The predicted octanol–water partition coefficient (Wildman–Crippen LogP) is 1.16. The summed E-state index contributed by atoms with van der Waals surface area (Å²) in [6.45, 7) is -0.0483. The highest BCUT2D eigenvalue weighted by Gasteiger charge is 2.22. The van der Waals surface area contributed by atoms with Crippen LogP contribution in [0.5, 0.6) is 5.75 Å². The van der Waals surface area contributed by atoms with Crippen LogP contribution >= 0.6 is 0 Å². The fourth-order valence-corrected chi connectivity index (χ4v) is 3.55. The van der Waals surface area contributed by atoms with Crippen LogP contribution in [0.4, 0.5) is 0 Å². The van der Waals surface area contributed by atoms with E-state index in [-0.39, 0.29) is 5.56 Å². The number of aliphatic carboxylic acids is 1. The van der Waals surface area contributed by atoms with Crippen molar-refractivity contribution in [1.82, 2.24) is 14.9 Å². The minimum Gasteiger partial charge on any atom is -0.493 e. The van der Waals surface area contributed by atoms with Gasteiger partial charge >= 0.3 is 5.97 Å². The molecule has 30 heavy (non-hydrogen) atoms. The number of fused-ring (bicyclic) bond motifs is 2. The van der Waals surface area contributed by atoms with Crippen molar-refractivity contribution >= 4 is 29.1 Å². The van der Waals surface area contributed by atoms with E-state index in [9.17, 15) is 19.2 Å². The molecule has 0 spiro atoms. The maximum Gasteiger partial charge on any atom is 0.322 e. The minimum atomic E-state index is -1.26. The third kappa shape index (κ3) is 3.20. The van der Waals surface area contributed by atoms with Gasteiger partial charge in [0.2, 0.25) is 0 Å². The number of carbonyl (C=O) groups excluding carboxylic acids is 2. The summed E-state index contributed by atoms with van der Waals surface area (Å²) in [5, 5.41) is 11.3. The molecule has 152 valence electrons. The van der Waals surface area contributed by atoms with E-state index < -0.39 is 29.5 Å². The van der Waals surface area contributed by atoms with Crippen LogP contribution in [0, 0.1) is 0 Å². The summed E-state index contributed by atoms with van der Waals surface area (Å²) in [5.41, 5.74) is 1.59. The summed E-state index contributed by atoms with van der Waals surface area (Å²) in [6.07, 6.45) is 2.69. The zero-order valence-electron chi connectivity index (χ0n) is 16.0. The van der Waals surface area contributed by atoms with Gasteiger partial charge in [-0.2, -0.15) is 0 Å². The quantitative estimate of drug-likeness (QED) is 0.608. The van der Waals surface area contributed by atoms with Crippen LogP contribution in [0.2, 0.25) is 0 Å². The van der Waals surface area contributed by atoms with Crippen LogP contribution in [-0.4, -0.2) is 46.0 Å². The largest absolute Gasteiger partial charge is 0.493 e. The second kappa shape index (κ2) is 7.43. The van der Waals surface area contributed by atoms with E-state index in [1.165, 1.54) is 17.8 Å². The average Bonchev–Trinajstić information content (AvgIpc) is 3.21. The smallest absolute Gasteiger partial charge is 0.322 e. The normalized spacial score (nSPS) is 12.3. The molecular weight excluding hydrogens is 390 g/mol. The number of pyridine rings is 2. The van der Waals surface area contributed by atoms with Gasteiger partial charge in [0.15, 0.2) is 6.29 Å². The lowest BCUT2D eigenvalue weighted by molar-refractivity contribution is -0.135. The van der Waals surface area contributed by atoms with Gasteiger partial charge in [0.25, 0.3) is 11.5 Å². The molecule has 0 saturated carbocycles. The molecule has 9 heteroatoms. The summed E-state index contributed by atoms with van der Waals surface area (Å²) in [5.74, 6) is -1.36. The fraction of sp³-hybridized carbons (Fsp3) is 0.190. The summed E-state index contributed by atoms with van der Waals surface area (Å²) in [6, 6.07) is 7.31. The lowest BCUT2D eigenvalue weighted by Crippen LogP contribution is -2.36. The molecule has 0 aliphatic carbocycles. The SMILES string of the molecule is Cn1c(=O)c(C(=O)NCC(=O)O)c(C=O)c2cc(-c3ccc4c(c3)CCO4)ncc21. The van der Waals surface area contributed by atoms with Gasteiger partial charge < -0.3 is 19.7 Å². The molecule has 1 aromatic carbocycles. The standard InChI is InChI=1S/C21H17N3O6/c1-24-16-8-22-15(11-2-3-17-12(6-11)4-5-30-17)7-13(16)14(10-25)19(21(24)29)20(28)23-9-18(26)27/h2-3,6-8,10H,4-5,9H2,1H3,(H,23,28)(H,26,27). The van der Waals surface area contributed by atoms with E-state index in [0.29, 0.717) is 29.5 Å². The summed E-state index contributed by atoms with van der Waals surface area (Å²) in [4.78, 5) is 52.2. The summed E-state index contributed by atoms with van der Waals surface area (Å²) < 4.78 is 6.73. The molecule has 0 unspecified atom stereocenters. The second-order valence-electron chi connectivity index (χ2n) is 6.85. The Labute approximate surface area is 169 Å². The number of aryl methyl sites for hydroxylation is 1. The maximum absolute atomic E-state index is 12.7. The Kier molecular flexibility index (Phi) is 4.78. The first-order valence-corrected chi connectivity index (χ1v) is 9.14. The number of hydrogen-bond acceptors (Lipinski definition) is 6. The van der Waals surface area contributed by atoms with Crippen molar-refractivity contribution in [3.63, 3.8) is 0 Å². The second-order valence-corrected chi connectivity index (χ2v) is 6.85. The van der Waals surface area contributed by atoms with Gasteiger partial charge in [-0.15, -0.1) is 0 Å². The Morgan fingerprint density at radius 2 is 2.13 bits per heavy atom. The third-order valence-corrected chi connectivity index (χ3v) is 5.05. The number of amides is 1. The van der Waals surface area contributed by atoms with Crippen LogP contribution in [0.15, 0.2) is 35.3 Å². The molecule has 9 nitrogen and oxygen atoms in total. The van der Waals surface area contributed by atoms with Crippen molar-refractivity contribution in [1.29, 1.82) is 0 Å². The van der Waals surface area contributed by atoms with Crippen molar-refractivity contribution in [3.8, 4) is 17.0 Å². The van der Waals surface area contributed by atoms with E-state index in [2.05, 4.69) is 10.3 Å². The number of carboxylic acids is 1. The van der Waals surface area contributed by atoms with Gasteiger partial charge in [-0.25, -0.2) is 0 Å². The topological polar surface area (TPSA) is 128 Å². The Hall–Kier alpha value is -4.01. The zero-order chi connectivity index (χ0) is 21.4. The van der Waals surface area contributed by atoms with Crippen LogP contribution in [0.25, 0.3) is 22.2 Å². The number of benzene rings is 1. The molecule has 0 saturated heterocycles. The van der Waals surface area contributed by atoms with E-state index in [0.717, 1.165) is 23.3 Å². The molecule has 3 aromatic rings. The number of aldehydes is 1. The first-order chi connectivity index (χ1) is 14.4. The van der Waals surface area contributed by atoms with E-state index in [4.69, 9.17) is 9.84 Å². The highest BCUT2D eigenvalue weighted by molar-refractivity contribution is 6.09. The summed E-state index contributed by atoms with van der Waals surface area (Å²) in [7, 11) is 1.46. The lowest BCUT2D eigenvalue weighted by atomic mass is 10.0. The van der Waals surface area contributed by atoms with E-state index >= 15 is 0 Å². The molecule has 4 rings (SSSR count). The Morgan fingerprint density at radius 1 is 1.33 bits per heavy atom. The van der Waals surface area contributed by atoms with Gasteiger partial charge in [-0.3, -0.25) is 24.2 Å². The lowest BCUT2D eigenvalue weighted by Gasteiger charge is -2.13. The van der Waals surface area contributed by atoms with Gasteiger partial charge in [-0.05, 0) is 29.8 Å². The number of ether oxygens (including phenoxy) is 1. The predicted molar refractivity (Wildman–Crippen MR) is 107 cm³/mol. The van der Waals surface area contributed by atoms with Crippen molar-refractivity contribution < 1.29 is 24.2 Å². The number of rotatable bonds is 5. The van der Waals surface area contributed by atoms with Crippen LogP contribution in [-0.2, 0) is 18.3 Å². The molecule has 2 aromatic heterocycles. The van der Waals surface area contributed by atoms with Crippen molar-refractivity contribution in [2.75, 3.05) is 13.2 Å². The zero-order valence-corrected chi connectivity index (χ0v) is 16.0. The molecule has 3 heterocycles. The number of hydrogen-bond donors (Lipinski definition) is 2. The highest BCUT2D eigenvalue weighted by Crippen LogP contribution is 2.31. The molecule has 0 fully saturated rings. The Bertz CT molecular complexity index is 1280. The van der Waals surface area contributed by atoms with Crippen molar-refractivity contribution in [2.24, 2.45) is 7.05 Å². The molecule has 2 N–H and O–H groups in total. The summed E-state index contributed by atoms with van der Waals surface area (Å²) >= 11 is 0. The van der Waals surface area contributed by atoms with Gasteiger partial charge in [0, 0.05) is 30.0 Å². The average molecular weight is 407 g/mol. The molecule has 0 atom stereocenters. The molecule has 0 bridgehead atoms. The molecule has 1 aliphatic rings. The van der Waals surface area contributed by atoms with Gasteiger partial charge in [-0.1, -0.05) is 0 Å². The van der Waals surface area contributed by atoms with Crippen LogP contribution < -0.4 is 15.6 Å². The van der Waals surface area contributed by atoms with Crippen molar-refractivity contribution in [3.05, 3.63) is 57.5 Å². The minimum absolute atomic E-state index is 0.107. The van der Waals surface area contributed by atoms with Gasteiger partial charge in [0.1, 0.15) is 17.9 Å². The first kappa shape index (κ1) is 19.3. The molecule has 1 aliphatic heterocycles. The number of nitrogens with one attached hydrogen (secondary N) is 1. The van der Waals surface area contributed by atoms with Crippen LogP contribution in [0.1, 0.15) is 26.3 Å². The van der Waals surface area contributed by atoms with Gasteiger partial charge in [0.05, 0.1) is 24.0 Å². The fourth-order valence-electron chi connectivity index (χ4n) is 3.55. The molecule has 1 amide bonds. The molecule has 0 radical (unpaired) electrons. The van der Waals surface area contributed by atoms with E-state index in [1.54, 1.807) is 6.07 Å². The third-order valence-electron chi connectivity index (χ3n) is 5.05. The Morgan fingerprint density at radius 3 is 2.87 bits per heavy atom. The molecular formula is C21H17N3O6. The number of carboxylic acid groups (broad SMARTS) is 1. The van der Waals surface area contributed by atoms with E-state index in [1.807, 2.05) is 18.2 Å². The highest BCUT2D eigenvalue weighted by atomic mass is 16.5.